The Morgan fingerprint density at radius 2 is 0.806 bits per heavy atom. The number of nitrogens with zero attached hydrogens (tertiary/aromatic N) is 18. The van der Waals surface area contributed by atoms with Crippen molar-refractivity contribution in [3.63, 3.8) is 0 Å². The molecule has 6 aromatic rings. The average molecular weight is 418 g/mol. The molecule has 0 unspecified atom stereocenters. The molecule has 0 spiro atoms. The number of aromatic nitrogens is 18. The lowest BCUT2D eigenvalue weighted by molar-refractivity contribution is 0.475. The first-order chi connectivity index (χ1) is 15.3. The second-order valence-corrected chi connectivity index (χ2v) is 6.09. The van der Waals surface area contributed by atoms with Crippen LogP contribution >= 0.6 is 0 Å². The van der Waals surface area contributed by atoms with E-state index >= 15 is 0 Å². The van der Waals surface area contributed by atoms with Crippen LogP contribution < -0.4 is 0 Å². The summed E-state index contributed by atoms with van der Waals surface area (Å²) in [6, 6.07) is 0. The van der Waals surface area contributed by atoms with Gasteiger partial charge in [-0.15, -0.1) is 59.3 Å². The van der Waals surface area contributed by atoms with Gasteiger partial charge >= 0.3 is 0 Å². The lowest BCUT2D eigenvalue weighted by Gasteiger charge is -2.06. The number of rotatable bonds is 6. The molecule has 0 aromatic carbocycles. The van der Waals surface area contributed by atoms with Gasteiger partial charge in [0.15, 0.2) is 0 Å². The molecule has 6 aromatic heterocycles. The van der Waals surface area contributed by atoms with Crippen LogP contribution in [0.2, 0.25) is 0 Å². The van der Waals surface area contributed by atoms with E-state index < -0.39 is 5.92 Å². The van der Waals surface area contributed by atoms with Crippen LogP contribution in [-0.4, -0.2) is 90.6 Å². The Morgan fingerprint density at radius 1 is 0.452 bits per heavy atom. The SMILES string of the molecule is c1cn(-n2cc(C(c3cn(-n4ccnn4)nn3)c3cn(-n4ccnn4)nn3)nn2)nn1. The first-order valence-corrected chi connectivity index (χ1v) is 8.73. The Morgan fingerprint density at radius 3 is 1.10 bits per heavy atom. The zero-order chi connectivity index (χ0) is 20.6. The Hall–Kier alpha value is -5.16. The highest BCUT2D eigenvalue weighted by Gasteiger charge is 2.27. The summed E-state index contributed by atoms with van der Waals surface area (Å²) in [5.41, 5.74) is 1.60. The maximum atomic E-state index is 4.27. The largest absolute Gasteiger partial charge is 0.137 e. The van der Waals surface area contributed by atoms with E-state index in [-0.39, 0.29) is 0 Å². The van der Waals surface area contributed by atoms with Crippen LogP contribution in [0.15, 0.2) is 55.8 Å². The van der Waals surface area contributed by atoms with Crippen molar-refractivity contribution in [2.45, 2.75) is 5.92 Å². The molecule has 0 aliphatic carbocycles. The number of hydrogen-bond donors (Lipinski definition) is 0. The third-order valence-electron chi connectivity index (χ3n) is 4.25. The molecule has 0 N–H and O–H groups in total. The standard InChI is InChI=1S/C13H10N18/c1-4-26(20-14-1)29-7-10(17-23-29)13(11-8-30(24-18-11)27-5-2-15-21-27)12-9-31(25-19-12)28-6-3-16-22-28/h1-9,13H. The highest BCUT2D eigenvalue weighted by atomic mass is 15.8. The third kappa shape index (κ3) is 2.90. The first-order valence-electron chi connectivity index (χ1n) is 8.73. The molecule has 0 atom stereocenters. The predicted octanol–water partition coefficient (Wildman–Crippen LogP) is -2.65. The molecule has 0 radical (unpaired) electrons. The van der Waals surface area contributed by atoms with Crippen molar-refractivity contribution in [2.24, 2.45) is 0 Å². The van der Waals surface area contributed by atoms with Crippen LogP contribution in [0.1, 0.15) is 23.0 Å². The molecule has 152 valence electrons. The summed E-state index contributed by atoms with van der Waals surface area (Å²) < 4.78 is 0. The van der Waals surface area contributed by atoms with Crippen molar-refractivity contribution in [3.8, 4) is 0 Å². The van der Waals surface area contributed by atoms with Gasteiger partial charge in [0, 0.05) is 0 Å². The van der Waals surface area contributed by atoms with Crippen LogP contribution in [0.3, 0.4) is 0 Å². The quantitative estimate of drug-likeness (QED) is 0.274. The minimum absolute atomic E-state index is 0.534. The minimum atomic E-state index is -0.549. The summed E-state index contributed by atoms with van der Waals surface area (Å²) in [5, 5.41) is 48.2. The van der Waals surface area contributed by atoms with Crippen LogP contribution in [0.5, 0.6) is 0 Å². The fraction of sp³-hybridized carbons (Fsp3) is 0.0769. The molecule has 0 fully saturated rings. The fourth-order valence-electron chi connectivity index (χ4n) is 2.89. The maximum Gasteiger partial charge on any atom is 0.100 e. The van der Waals surface area contributed by atoms with Crippen LogP contribution in [-0.2, 0) is 0 Å². The van der Waals surface area contributed by atoms with Gasteiger partial charge in [-0.3, -0.25) is 0 Å². The van der Waals surface area contributed by atoms with E-state index in [2.05, 4.69) is 61.9 Å². The van der Waals surface area contributed by atoms with Gasteiger partial charge in [-0.2, -0.15) is 0 Å². The fourth-order valence-corrected chi connectivity index (χ4v) is 2.89. The second-order valence-electron chi connectivity index (χ2n) is 6.09. The molecule has 0 saturated carbocycles. The highest BCUT2D eigenvalue weighted by Crippen LogP contribution is 2.27. The van der Waals surface area contributed by atoms with Gasteiger partial charge in [-0.25, -0.2) is 0 Å². The summed E-state index contributed by atoms with van der Waals surface area (Å²) in [6.45, 7) is 0. The van der Waals surface area contributed by atoms with Crippen molar-refractivity contribution < 1.29 is 0 Å². The van der Waals surface area contributed by atoms with Gasteiger partial charge in [0.25, 0.3) is 0 Å². The zero-order valence-electron chi connectivity index (χ0n) is 15.3. The predicted molar refractivity (Wildman–Crippen MR) is 93.5 cm³/mol. The van der Waals surface area contributed by atoms with E-state index in [1.54, 1.807) is 37.2 Å². The van der Waals surface area contributed by atoms with Crippen molar-refractivity contribution in [1.82, 2.24) is 90.6 Å². The van der Waals surface area contributed by atoms with E-state index in [1.807, 2.05) is 0 Å². The Labute approximate surface area is 170 Å². The van der Waals surface area contributed by atoms with Gasteiger partial charge in [-0.1, -0.05) is 0 Å². The summed E-state index contributed by atoms with van der Waals surface area (Å²) in [5.74, 6) is -0.549. The van der Waals surface area contributed by atoms with Gasteiger partial charge in [0.05, 0.1) is 61.7 Å². The molecule has 6 rings (SSSR count). The Balaban J connectivity index is 1.44. The summed E-state index contributed by atoms with van der Waals surface area (Å²) in [6.07, 6.45) is 14.6. The first kappa shape index (κ1) is 16.8. The van der Waals surface area contributed by atoms with Crippen molar-refractivity contribution in [3.05, 3.63) is 72.9 Å². The molecule has 0 amide bonds. The molecule has 6 heterocycles. The zero-order valence-corrected chi connectivity index (χ0v) is 15.3. The second kappa shape index (κ2) is 6.72. The smallest absolute Gasteiger partial charge is 0.100 e. The topological polar surface area (TPSA) is 184 Å². The molecule has 0 saturated heterocycles. The Kier molecular flexibility index (Phi) is 3.63. The minimum Gasteiger partial charge on any atom is -0.137 e. The summed E-state index contributed by atoms with van der Waals surface area (Å²) >= 11 is 0. The molecule has 31 heavy (non-hydrogen) atoms. The molecule has 18 heteroatoms. The van der Waals surface area contributed by atoms with Crippen LogP contribution in [0, 0.1) is 0 Å². The van der Waals surface area contributed by atoms with Gasteiger partial charge in [0.2, 0.25) is 0 Å². The normalized spacial score (nSPS) is 11.5. The lowest BCUT2D eigenvalue weighted by Crippen LogP contribution is -2.11. The summed E-state index contributed by atoms with van der Waals surface area (Å²) in [7, 11) is 0. The highest BCUT2D eigenvalue weighted by molar-refractivity contribution is 5.29. The van der Waals surface area contributed by atoms with Crippen molar-refractivity contribution >= 4 is 0 Å². The molecule has 18 nitrogen and oxygen atoms in total. The van der Waals surface area contributed by atoms with Gasteiger partial charge in [0.1, 0.15) is 17.1 Å². The van der Waals surface area contributed by atoms with Gasteiger partial charge in [-0.05, 0) is 31.3 Å². The number of hydrogen-bond acceptors (Lipinski definition) is 12. The summed E-state index contributed by atoms with van der Waals surface area (Å²) in [4.78, 5) is 8.56. The van der Waals surface area contributed by atoms with E-state index in [1.165, 1.54) is 47.3 Å². The molecule has 0 aliphatic heterocycles. The van der Waals surface area contributed by atoms with Crippen LogP contribution in [0.25, 0.3) is 0 Å². The molecule has 0 bridgehead atoms. The monoisotopic (exact) mass is 418 g/mol. The molecular weight excluding hydrogens is 408 g/mol. The maximum absolute atomic E-state index is 4.27. The average Bonchev–Trinajstić information content (AvgIpc) is 3.61. The van der Waals surface area contributed by atoms with Crippen molar-refractivity contribution in [2.75, 3.05) is 0 Å². The van der Waals surface area contributed by atoms with Crippen molar-refractivity contribution in [1.29, 1.82) is 0 Å². The molecular formula is C13H10N18. The Bertz CT molecular complexity index is 1210. The van der Waals surface area contributed by atoms with E-state index in [9.17, 15) is 0 Å². The van der Waals surface area contributed by atoms with E-state index in [4.69, 9.17) is 0 Å². The molecule has 0 aliphatic rings. The van der Waals surface area contributed by atoms with Gasteiger partial charge < -0.3 is 0 Å². The third-order valence-corrected chi connectivity index (χ3v) is 4.25. The van der Waals surface area contributed by atoms with Crippen LogP contribution in [0.4, 0.5) is 0 Å². The van der Waals surface area contributed by atoms with E-state index in [0.29, 0.717) is 17.1 Å². The lowest BCUT2D eigenvalue weighted by atomic mass is 9.99. The van der Waals surface area contributed by atoms with E-state index in [0.717, 1.165) is 0 Å².